The van der Waals surface area contributed by atoms with Crippen molar-refractivity contribution in [1.29, 1.82) is 0 Å². The molecule has 1 aliphatic carbocycles. The molecular weight excluding hydrogens is 280 g/mol. The first-order valence-electron chi connectivity index (χ1n) is 8.03. The topological polar surface area (TPSA) is 68.2 Å². The van der Waals surface area contributed by atoms with Crippen molar-refractivity contribution in [1.82, 2.24) is 15.1 Å². The Labute approximate surface area is 131 Å². The molecule has 0 bridgehead atoms. The Morgan fingerprint density at radius 3 is 3.14 bits per heavy atom. The third-order valence-corrected chi connectivity index (χ3v) is 3.73. The van der Waals surface area contributed by atoms with Crippen LogP contribution in [0.25, 0.3) is 0 Å². The van der Waals surface area contributed by atoms with Crippen molar-refractivity contribution in [3.63, 3.8) is 0 Å². The number of rotatable bonds is 8. The van der Waals surface area contributed by atoms with Gasteiger partial charge in [-0.05, 0) is 38.5 Å². The van der Waals surface area contributed by atoms with Gasteiger partial charge in [-0.15, -0.1) is 0 Å². The van der Waals surface area contributed by atoms with Gasteiger partial charge in [0.05, 0.1) is 0 Å². The number of amides is 2. The lowest BCUT2D eigenvalue weighted by Crippen LogP contribution is -2.30. The summed E-state index contributed by atoms with van der Waals surface area (Å²) in [5.74, 6) is 0.576. The largest absolute Gasteiger partial charge is 0.385 e. The van der Waals surface area contributed by atoms with Gasteiger partial charge < -0.3 is 10.1 Å². The van der Waals surface area contributed by atoms with E-state index in [1.54, 1.807) is 13.2 Å². The van der Waals surface area contributed by atoms with E-state index in [1.807, 2.05) is 10.9 Å². The molecular formula is C16H26N4O2. The lowest BCUT2D eigenvalue weighted by Gasteiger charge is -2.12. The van der Waals surface area contributed by atoms with Gasteiger partial charge in [0, 0.05) is 39.1 Å². The number of urea groups is 1. The minimum absolute atomic E-state index is 0.196. The molecule has 6 heteroatoms. The first-order valence-corrected chi connectivity index (χ1v) is 8.03. The van der Waals surface area contributed by atoms with Crippen LogP contribution in [-0.2, 0) is 11.3 Å². The van der Waals surface area contributed by atoms with E-state index >= 15 is 0 Å². The number of allylic oxidation sites excluding steroid dienone is 1. The molecule has 2 N–H and O–H groups in total. The van der Waals surface area contributed by atoms with Crippen LogP contribution in [0.2, 0.25) is 0 Å². The summed E-state index contributed by atoms with van der Waals surface area (Å²) in [5, 5.41) is 9.94. The summed E-state index contributed by atoms with van der Waals surface area (Å²) in [7, 11) is 1.68. The van der Waals surface area contributed by atoms with Gasteiger partial charge in [-0.2, -0.15) is 5.10 Å². The van der Waals surface area contributed by atoms with Crippen LogP contribution < -0.4 is 10.6 Å². The summed E-state index contributed by atoms with van der Waals surface area (Å²) in [4.78, 5) is 11.8. The molecule has 0 aliphatic heterocycles. The van der Waals surface area contributed by atoms with E-state index in [0.29, 0.717) is 19.0 Å². The van der Waals surface area contributed by atoms with Crippen LogP contribution in [0, 0.1) is 0 Å². The van der Waals surface area contributed by atoms with Gasteiger partial charge in [0.25, 0.3) is 0 Å². The van der Waals surface area contributed by atoms with Crippen LogP contribution >= 0.6 is 0 Å². The quantitative estimate of drug-likeness (QED) is 0.573. The summed E-state index contributed by atoms with van der Waals surface area (Å²) >= 11 is 0. The summed E-state index contributed by atoms with van der Waals surface area (Å²) < 4.78 is 6.81. The van der Waals surface area contributed by atoms with E-state index in [2.05, 4.69) is 21.8 Å². The second-order valence-electron chi connectivity index (χ2n) is 5.55. The summed E-state index contributed by atoms with van der Waals surface area (Å²) in [6.07, 6.45) is 10.9. The van der Waals surface area contributed by atoms with Crippen molar-refractivity contribution in [3.8, 4) is 0 Å². The molecule has 0 atom stereocenters. The highest BCUT2D eigenvalue weighted by molar-refractivity contribution is 5.88. The monoisotopic (exact) mass is 306 g/mol. The number of anilines is 1. The van der Waals surface area contributed by atoms with E-state index in [-0.39, 0.29) is 6.03 Å². The predicted octanol–water partition coefficient (Wildman–Crippen LogP) is 2.93. The summed E-state index contributed by atoms with van der Waals surface area (Å²) in [5.41, 5.74) is 1.47. The molecule has 0 unspecified atom stereocenters. The Morgan fingerprint density at radius 2 is 2.36 bits per heavy atom. The number of aromatic nitrogens is 2. The molecule has 0 saturated carbocycles. The molecule has 0 spiro atoms. The summed E-state index contributed by atoms with van der Waals surface area (Å²) in [6.45, 7) is 2.16. The van der Waals surface area contributed by atoms with Gasteiger partial charge in [-0.1, -0.05) is 11.6 Å². The minimum atomic E-state index is -0.196. The highest BCUT2D eigenvalue weighted by Gasteiger charge is 2.06. The molecule has 0 aromatic carbocycles. The maximum Gasteiger partial charge on any atom is 0.320 e. The van der Waals surface area contributed by atoms with Crippen molar-refractivity contribution in [3.05, 3.63) is 23.9 Å². The Bertz CT molecular complexity index is 496. The molecule has 1 aromatic rings. The van der Waals surface area contributed by atoms with Gasteiger partial charge in [0.2, 0.25) is 0 Å². The fourth-order valence-electron chi connectivity index (χ4n) is 2.55. The number of nitrogens with one attached hydrogen (secondary N) is 2. The van der Waals surface area contributed by atoms with E-state index in [9.17, 15) is 4.79 Å². The third-order valence-electron chi connectivity index (χ3n) is 3.73. The van der Waals surface area contributed by atoms with Gasteiger partial charge in [0.1, 0.15) is 0 Å². The highest BCUT2D eigenvalue weighted by Crippen LogP contribution is 2.19. The molecule has 0 fully saturated rings. The number of ether oxygens (including phenoxy) is 1. The van der Waals surface area contributed by atoms with Crippen LogP contribution in [0.3, 0.4) is 0 Å². The minimum Gasteiger partial charge on any atom is -0.385 e. The smallest absolute Gasteiger partial charge is 0.320 e. The van der Waals surface area contributed by atoms with Crippen LogP contribution in [0.5, 0.6) is 0 Å². The highest BCUT2D eigenvalue weighted by atomic mass is 16.5. The van der Waals surface area contributed by atoms with Gasteiger partial charge >= 0.3 is 6.03 Å². The normalized spacial score (nSPS) is 14.5. The number of aryl methyl sites for hydroxylation is 1. The van der Waals surface area contributed by atoms with Gasteiger partial charge in [0.15, 0.2) is 5.82 Å². The Kier molecular flexibility index (Phi) is 6.96. The number of methoxy groups -OCH3 is 1. The van der Waals surface area contributed by atoms with Crippen molar-refractivity contribution in [2.24, 2.45) is 0 Å². The number of carbonyl (C=O) groups is 1. The van der Waals surface area contributed by atoms with Gasteiger partial charge in [-0.25, -0.2) is 4.79 Å². The number of hydrogen-bond acceptors (Lipinski definition) is 3. The van der Waals surface area contributed by atoms with E-state index in [1.165, 1.54) is 31.3 Å². The molecule has 1 aliphatic rings. The number of hydrogen-bond donors (Lipinski definition) is 2. The fourth-order valence-corrected chi connectivity index (χ4v) is 2.55. The summed E-state index contributed by atoms with van der Waals surface area (Å²) in [6, 6.07) is 1.61. The van der Waals surface area contributed by atoms with Crippen LogP contribution in [0.1, 0.15) is 38.5 Å². The first-order chi connectivity index (χ1) is 10.8. The Hall–Kier alpha value is -1.82. The maximum atomic E-state index is 11.8. The zero-order valence-corrected chi connectivity index (χ0v) is 13.3. The molecule has 0 radical (unpaired) electrons. The average Bonchev–Trinajstić information content (AvgIpc) is 2.96. The van der Waals surface area contributed by atoms with Crippen molar-refractivity contribution >= 4 is 11.8 Å². The van der Waals surface area contributed by atoms with E-state index in [4.69, 9.17) is 4.74 Å². The predicted molar refractivity (Wildman–Crippen MR) is 86.9 cm³/mol. The van der Waals surface area contributed by atoms with E-state index in [0.717, 1.165) is 19.4 Å². The average molecular weight is 306 g/mol. The molecule has 2 rings (SSSR count). The van der Waals surface area contributed by atoms with Crippen molar-refractivity contribution in [2.45, 2.75) is 45.1 Å². The first kappa shape index (κ1) is 16.5. The maximum absolute atomic E-state index is 11.8. The molecule has 1 aromatic heterocycles. The second-order valence-corrected chi connectivity index (χ2v) is 5.55. The molecule has 2 amide bonds. The van der Waals surface area contributed by atoms with Crippen molar-refractivity contribution < 1.29 is 9.53 Å². The Morgan fingerprint density at radius 1 is 1.45 bits per heavy atom. The van der Waals surface area contributed by atoms with Crippen molar-refractivity contribution in [2.75, 3.05) is 25.6 Å². The lowest BCUT2D eigenvalue weighted by molar-refractivity contribution is 0.189. The zero-order chi connectivity index (χ0) is 15.6. The third kappa shape index (κ3) is 5.89. The Balaban J connectivity index is 1.65. The molecule has 122 valence electrons. The van der Waals surface area contributed by atoms with Crippen LogP contribution in [-0.4, -0.2) is 36.1 Å². The van der Waals surface area contributed by atoms with Crippen LogP contribution in [0.4, 0.5) is 10.6 Å². The molecule has 22 heavy (non-hydrogen) atoms. The van der Waals surface area contributed by atoms with E-state index < -0.39 is 0 Å². The molecule has 1 heterocycles. The zero-order valence-electron chi connectivity index (χ0n) is 13.3. The van der Waals surface area contributed by atoms with Gasteiger partial charge in [-0.3, -0.25) is 10.00 Å². The lowest BCUT2D eigenvalue weighted by atomic mass is 9.97. The molecule has 0 saturated heterocycles. The standard InChI is InChI=1S/C16H26N4O2/c1-22-13-5-11-20-12-9-15(19-20)18-16(21)17-10-8-14-6-3-2-4-7-14/h6,9,12H,2-5,7-8,10-11,13H2,1H3,(H2,17,18,19,21). The fraction of sp³-hybridized carbons (Fsp3) is 0.625. The second kappa shape index (κ2) is 9.25. The molecule has 6 nitrogen and oxygen atoms in total. The SMILES string of the molecule is COCCCn1ccc(NC(=O)NCCC2=CCCCC2)n1. The number of nitrogens with zero attached hydrogens (tertiary/aromatic N) is 2. The van der Waals surface area contributed by atoms with Crippen LogP contribution in [0.15, 0.2) is 23.9 Å². The number of carbonyl (C=O) groups excluding carboxylic acids is 1.